The van der Waals surface area contributed by atoms with Gasteiger partial charge < -0.3 is 14.2 Å². The summed E-state index contributed by atoms with van der Waals surface area (Å²) in [7, 11) is 0. The molecule has 0 fully saturated rings. The van der Waals surface area contributed by atoms with Crippen molar-refractivity contribution in [1.82, 2.24) is 4.98 Å². The number of aromatic nitrogens is 1. The SMILES string of the molecule is CCOC(=O)CCCCC(C=Cc1cccnc1OCCCCCc1ccccc1)Cc1ccc(C(=O)OCC)cc1. The van der Waals surface area contributed by atoms with Crippen LogP contribution in [0.1, 0.15) is 85.8 Å². The number of hydrogen-bond acceptors (Lipinski definition) is 6. The van der Waals surface area contributed by atoms with Crippen LogP contribution in [0.15, 0.2) is 79.0 Å². The maximum atomic E-state index is 12.0. The molecule has 1 aromatic heterocycles. The molecule has 224 valence electrons. The topological polar surface area (TPSA) is 74.7 Å². The first-order valence-electron chi connectivity index (χ1n) is 15.3. The van der Waals surface area contributed by atoms with Gasteiger partial charge >= 0.3 is 11.9 Å². The van der Waals surface area contributed by atoms with E-state index in [2.05, 4.69) is 47.5 Å². The third kappa shape index (κ3) is 12.3. The smallest absolute Gasteiger partial charge is 0.338 e. The average molecular weight is 572 g/mol. The van der Waals surface area contributed by atoms with E-state index in [4.69, 9.17) is 14.2 Å². The van der Waals surface area contributed by atoms with Gasteiger partial charge in [-0.15, -0.1) is 0 Å². The fourth-order valence-corrected chi connectivity index (χ4v) is 4.78. The highest BCUT2D eigenvalue weighted by molar-refractivity contribution is 5.89. The molecule has 0 aliphatic carbocycles. The van der Waals surface area contributed by atoms with Crippen LogP contribution in [0.25, 0.3) is 6.08 Å². The summed E-state index contributed by atoms with van der Waals surface area (Å²) in [5.74, 6) is 0.444. The average Bonchev–Trinajstić information content (AvgIpc) is 3.01. The van der Waals surface area contributed by atoms with Crippen molar-refractivity contribution in [2.75, 3.05) is 19.8 Å². The highest BCUT2D eigenvalue weighted by Crippen LogP contribution is 2.23. The molecule has 1 atom stereocenters. The number of esters is 2. The lowest BCUT2D eigenvalue weighted by atomic mass is 9.92. The number of carbonyl (C=O) groups is 2. The van der Waals surface area contributed by atoms with Crippen LogP contribution in [-0.2, 0) is 27.1 Å². The molecule has 0 bridgehead atoms. The van der Waals surface area contributed by atoms with Crippen molar-refractivity contribution in [2.24, 2.45) is 5.92 Å². The molecule has 1 unspecified atom stereocenters. The van der Waals surface area contributed by atoms with Gasteiger partial charge in [-0.25, -0.2) is 9.78 Å². The Morgan fingerprint density at radius 2 is 1.60 bits per heavy atom. The standard InChI is InChI=1S/C36H45NO5/c1-3-40-34(38)19-11-10-17-30(28-31-21-24-33(25-22-31)36(39)41-4-2)20-23-32-18-13-26-37-35(32)42-27-12-6-9-16-29-14-7-5-8-15-29/h5,7-8,13-15,18,20-26,30H,3-4,6,9-12,16-17,19,27-28H2,1-2H3. The Balaban J connectivity index is 1.57. The monoisotopic (exact) mass is 571 g/mol. The Kier molecular flexibility index (Phi) is 14.9. The van der Waals surface area contributed by atoms with Gasteiger partial charge in [-0.3, -0.25) is 4.79 Å². The Morgan fingerprint density at radius 3 is 2.36 bits per heavy atom. The molecule has 3 aromatic rings. The minimum absolute atomic E-state index is 0.142. The van der Waals surface area contributed by atoms with Gasteiger partial charge in [-0.2, -0.15) is 0 Å². The molecule has 3 rings (SSSR count). The molecule has 0 amide bonds. The first kappa shape index (κ1) is 32.6. The molecule has 0 radical (unpaired) electrons. The van der Waals surface area contributed by atoms with E-state index in [1.54, 1.807) is 13.1 Å². The minimum atomic E-state index is -0.306. The third-order valence-corrected chi connectivity index (χ3v) is 7.01. The molecule has 0 saturated carbocycles. The van der Waals surface area contributed by atoms with Crippen molar-refractivity contribution < 1.29 is 23.8 Å². The molecule has 6 nitrogen and oxygen atoms in total. The van der Waals surface area contributed by atoms with E-state index in [0.717, 1.165) is 62.5 Å². The summed E-state index contributed by atoms with van der Waals surface area (Å²) in [5, 5.41) is 0. The second-order valence-electron chi connectivity index (χ2n) is 10.3. The van der Waals surface area contributed by atoms with Crippen LogP contribution >= 0.6 is 0 Å². The molecule has 2 aromatic carbocycles. The number of ether oxygens (including phenoxy) is 3. The molecular weight excluding hydrogens is 526 g/mol. The predicted octanol–water partition coefficient (Wildman–Crippen LogP) is 8.05. The molecule has 6 heteroatoms. The summed E-state index contributed by atoms with van der Waals surface area (Å²) in [5.41, 5.74) is 4.03. The summed E-state index contributed by atoms with van der Waals surface area (Å²) in [6, 6.07) is 22.2. The zero-order chi connectivity index (χ0) is 29.8. The van der Waals surface area contributed by atoms with Crippen LogP contribution in [0.5, 0.6) is 5.88 Å². The van der Waals surface area contributed by atoms with E-state index in [0.29, 0.717) is 37.7 Å². The highest BCUT2D eigenvalue weighted by atomic mass is 16.5. The van der Waals surface area contributed by atoms with Crippen LogP contribution < -0.4 is 4.74 Å². The largest absolute Gasteiger partial charge is 0.477 e. The number of pyridine rings is 1. The van der Waals surface area contributed by atoms with Crippen LogP contribution in [0.3, 0.4) is 0 Å². The molecule has 1 heterocycles. The normalized spacial score (nSPS) is 11.8. The van der Waals surface area contributed by atoms with Gasteiger partial charge in [0.2, 0.25) is 5.88 Å². The van der Waals surface area contributed by atoms with Crippen molar-refractivity contribution in [3.63, 3.8) is 0 Å². The number of aryl methyl sites for hydroxylation is 1. The highest BCUT2D eigenvalue weighted by Gasteiger charge is 2.11. The Hall–Kier alpha value is -3.93. The lowest BCUT2D eigenvalue weighted by molar-refractivity contribution is -0.143. The van der Waals surface area contributed by atoms with Crippen molar-refractivity contribution >= 4 is 18.0 Å². The Labute approximate surface area is 251 Å². The lowest BCUT2D eigenvalue weighted by Gasteiger charge is -2.14. The maximum absolute atomic E-state index is 12.0. The van der Waals surface area contributed by atoms with Gasteiger partial charge in [-0.1, -0.05) is 61.0 Å². The van der Waals surface area contributed by atoms with E-state index in [-0.39, 0.29) is 17.9 Å². The number of nitrogens with zero attached hydrogens (tertiary/aromatic N) is 1. The van der Waals surface area contributed by atoms with E-state index < -0.39 is 0 Å². The molecule has 0 saturated heterocycles. The molecule has 0 N–H and O–H groups in total. The maximum Gasteiger partial charge on any atom is 0.338 e. The third-order valence-electron chi connectivity index (χ3n) is 7.01. The van der Waals surface area contributed by atoms with E-state index in [9.17, 15) is 9.59 Å². The van der Waals surface area contributed by atoms with Gasteiger partial charge in [0.05, 0.1) is 25.4 Å². The summed E-state index contributed by atoms with van der Waals surface area (Å²) in [6.45, 7) is 5.03. The molecule has 42 heavy (non-hydrogen) atoms. The van der Waals surface area contributed by atoms with Crippen LogP contribution in [0.2, 0.25) is 0 Å². The van der Waals surface area contributed by atoms with Crippen LogP contribution in [0.4, 0.5) is 0 Å². The first-order valence-corrected chi connectivity index (χ1v) is 15.3. The van der Waals surface area contributed by atoms with Crippen LogP contribution in [0, 0.1) is 5.92 Å². The molecule has 0 aliphatic heterocycles. The van der Waals surface area contributed by atoms with Crippen molar-refractivity contribution in [1.29, 1.82) is 0 Å². The fraction of sp³-hybridized carbons (Fsp3) is 0.417. The first-order chi connectivity index (χ1) is 20.6. The lowest BCUT2D eigenvalue weighted by Crippen LogP contribution is -2.07. The number of rotatable bonds is 19. The van der Waals surface area contributed by atoms with Gasteiger partial charge in [0.1, 0.15) is 0 Å². The quantitative estimate of drug-likeness (QED) is 0.107. The van der Waals surface area contributed by atoms with Crippen molar-refractivity contribution in [3.8, 4) is 5.88 Å². The van der Waals surface area contributed by atoms with Gasteiger partial charge in [0.15, 0.2) is 0 Å². The second-order valence-corrected chi connectivity index (χ2v) is 10.3. The zero-order valence-electron chi connectivity index (χ0n) is 25.1. The number of benzene rings is 2. The molecule has 0 spiro atoms. The Morgan fingerprint density at radius 1 is 0.810 bits per heavy atom. The van der Waals surface area contributed by atoms with E-state index in [1.165, 1.54) is 5.56 Å². The predicted molar refractivity (Wildman–Crippen MR) is 167 cm³/mol. The molecular formula is C36H45NO5. The Bertz CT molecular complexity index is 1220. The summed E-state index contributed by atoms with van der Waals surface area (Å²) in [6.07, 6.45) is 14.3. The van der Waals surface area contributed by atoms with E-state index in [1.807, 2.05) is 43.3 Å². The van der Waals surface area contributed by atoms with Crippen LogP contribution in [-0.4, -0.2) is 36.7 Å². The number of carbonyl (C=O) groups excluding carboxylic acids is 2. The fourth-order valence-electron chi connectivity index (χ4n) is 4.78. The minimum Gasteiger partial charge on any atom is -0.477 e. The number of hydrogen-bond donors (Lipinski definition) is 0. The van der Waals surface area contributed by atoms with Gasteiger partial charge in [-0.05, 0) is 100 Å². The zero-order valence-corrected chi connectivity index (χ0v) is 25.1. The van der Waals surface area contributed by atoms with Gasteiger partial charge in [0, 0.05) is 18.2 Å². The number of unbranched alkanes of at least 4 members (excludes halogenated alkanes) is 3. The summed E-state index contributed by atoms with van der Waals surface area (Å²) >= 11 is 0. The van der Waals surface area contributed by atoms with E-state index >= 15 is 0 Å². The second kappa shape index (κ2) is 19.2. The van der Waals surface area contributed by atoms with Crippen molar-refractivity contribution in [3.05, 3.63) is 101 Å². The summed E-state index contributed by atoms with van der Waals surface area (Å²) in [4.78, 5) is 28.3. The van der Waals surface area contributed by atoms with Crippen molar-refractivity contribution in [2.45, 2.75) is 71.6 Å². The number of allylic oxidation sites excluding steroid dienone is 1. The molecule has 0 aliphatic rings. The van der Waals surface area contributed by atoms with Gasteiger partial charge in [0.25, 0.3) is 0 Å². The summed E-state index contributed by atoms with van der Waals surface area (Å²) < 4.78 is 16.3.